The number of fused-ring (bicyclic) bond motifs is 1. The molecule has 0 saturated carbocycles. The minimum absolute atomic E-state index is 0.116. The topological polar surface area (TPSA) is 95.7 Å². The van der Waals surface area contributed by atoms with Crippen LogP contribution in [0.2, 0.25) is 0 Å². The van der Waals surface area contributed by atoms with Gasteiger partial charge in [-0.2, -0.15) is 0 Å². The Hall–Kier alpha value is -3.07. The molecule has 0 amide bonds. The Balaban J connectivity index is 1.56. The number of rotatable bonds is 7. The number of ketones is 1. The zero-order chi connectivity index (χ0) is 22.7. The van der Waals surface area contributed by atoms with E-state index >= 15 is 0 Å². The second-order valence-electron chi connectivity index (χ2n) is 7.97. The van der Waals surface area contributed by atoms with Gasteiger partial charge in [0.15, 0.2) is 17.3 Å². The molecular weight excluding hydrogens is 412 g/mol. The van der Waals surface area contributed by atoms with Crippen LogP contribution in [0.25, 0.3) is 6.08 Å². The lowest BCUT2D eigenvalue weighted by Gasteiger charge is -2.32. The van der Waals surface area contributed by atoms with Gasteiger partial charge in [-0.15, -0.1) is 0 Å². The van der Waals surface area contributed by atoms with Gasteiger partial charge in [0.1, 0.15) is 12.3 Å². The molecule has 0 atom stereocenters. The van der Waals surface area contributed by atoms with Gasteiger partial charge in [0.2, 0.25) is 5.78 Å². The minimum atomic E-state index is -0.237. The number of carbonyl (C=O) groups is 1. The highest BCUT2D eigenvalue weighted by molar-refractivity contribution is 6.15. The minimum Gasteiger partial charge on any atom is -0.872 e. The molecule has 2 aromatic carbocycles. The summed E-state index contributed by atoms with van der Waals surface area (Å²) in [4.78, 5) is 16.4. The summed E-state index contributed by atoms with van der Waals surface area (Å²) < 4.78 is 16.5. The Kier molecular flexibility index (Phi) is 6.64. The number of Topliss-reactive ketones (excluding diaryl/α,β-unsaturated/α-hetero) is 1. The zero-order valence-electron chi connectivity index (χ0n) is 18.3. The number of ether oxygens (including phenoxy) is 3. The SMILES string of the molecule is COc1ccc(/C=C2\Oc3c(ccc([O-])c3C[NH+]3CCN(CCO)CC3)C2=O)cc1OC. The Morgan fingerprint density at radius 3 is 2.59 bits per heavy atom. The summed E-state index contributed by atoms with van der Waals surface area (Å²) in [6, 6.07) is 8.34. The second kappa shape index (κ2) is 9.60. The van der Waals surface area contributed by atoms with E-state index in [-0.39, 0.29) is 23.9 Å². The predicted molar refractivity (Wildman–Crippen MR) is 116 cm³/mol. The van der Waals surface area contributed by atoms with E-state index in [2.05, 4.69) is 4.90 Å². The number of aliphatic hydroxyl groups is 1. The van der Waals surface area contributed by atoms with Crippen molar-refractivity contribution in [2.24, 2.45) is 0 Å². The van der Waals surface area contributed by atoms with Gasteiger partial charge in [-0.05, 0) is 29.8 Å². The quantitative estimate of drug-likeness (QED) is 0.589. The molecule has 0 radical (unpaired) electrons. The number of aliphatic hydroxyl groups excluding tert-OH is 1. The van der Waals surface area contributed by atoms with E-state index in [1.54, 1.807) is 38.5 Å². The summed E-state index contributed by atoms with van der Waals surface area (Å²) in [5, 5.41) is 21.8. The van der Waals surface area contributed by atoms with Crippen LogP contribution in [0.1, 0.15) is 21.5 Å². The predicted octanol–water partition coefficient (Wildman–Crippen LogP) is 0.0864. The lowest BCUT2D eigenvalue weighted by molar-refractivity contribution is -0.918. The van der Waals surface area contributed by atoms with Crippen LogP contribution in [-0.4, -0.2) is 69.3 Å². The van der Waals surface area contributed by atoms with E-state index < -0.39 is 0 Å². The van der Waals surface area contributed by atoms with Gasteiger partial charge in [0.25, 0.3) is 0 Å². The first-order valence-electron chi connectivity index (χ1n) is 10.7. The van der Waals surface area contributed by atoms with Gasteiger partial charge in [-0.25, -0.2) is 0 Å². The van der Waals surface area contributed by atoms with Crippen molar-refractivity contribution in [3.8, 4) is 23.0 Å². The van der Waals surface area contributed by atoms with Gasteiger partial charge in [-0.3, -0.25) is 9.69 Å². The Labute approximate surface area is 187 Å². The summed E-state index contributed by atoms with van der Waals surface area (Å²) >= 11 is 0. The molecule has 0 unspecified atom stereocenters. The number of methoxy groups -OCH3 is 2. The highest BCUT2D eigenvalue weighted by Crippen LogP contribution is 2.38. The average Bonchev–Trinajstić information content (AvgIpc) is 3.12. The number of nitrogens with one attached hydrogen (secondary N) is 1. The molecule has 2 heterocycles. The van der Waals surface area contributed by atoms with Gasteiger partial charge in [-0.1, -0.05) is 17.9 Å². The standard InChI is InChI=1S/C24H28N2O6/c1-30-20-6-3-16(13-21(20)31-2)14-22-23(29)17-4-5-19(28)18(24(17)32-22)15-26-9-7-25(8-10-26)11-12-27/h3-6,13-14,27-28H,7-12,15H2,1-2H3/b22-14-. The van der Waals surface area contributed by atoms with Gasteiger partial charge >= 0.3 is 0 Å². The number of benzene rings is 2. The van der Waals surface area contributed by atoms with Crippen molar-refractivity contribution in [1.82, 2.24) is 4.90 Å². The number of carbonyl (C=O) groups excluding carboxylic acids is 1. The summed E-state index contributed by atoms with van der Waals surface area (Å²) in [6.45, 7) is 4.79. The molecule has 0 aliphatic carbocycles. The fourth-order valence-electron chi connectivity index (χ4n) is 4.21. The van der Waals surface area contributed by atoms with Crippen LogP contribution in [0.4, 0.5) is 0 Å². The third-order valence-corrected chi connectivity index (χ3v) is 6.01. The van der Waals surface area contributed by atoms with Crippen LogP contribution in [0.5, 0.6) is 23.0 Å². The fraction of sp³-hybridized carbons (Fsp3) is 0.375. The molecule has 2 aromatic rings. The monoisotopic (exact) mass is 440 g/mol. The largest absolute Gasteiger partial charge is 0.872 e. The maximum atomic E-state index is 13.0. The fourth-order valence-corrected chi connectivity index (χ4v) is 4.21. The lowest BCUT2D eigenvalue weighted by atomic mass is 10.0. The molecule has 32 heavy (non-hydrogen) atoms. The van der Waals surface area contributed by atoms with Crippen LogP contribution in [0, 0.1) is 0 Å². The first kappa shape index (κ1) is 22.1. The lowest BCUT2D eigenvalue weighted by Crippen LogP contribution is -3.13. The Bertz CT molecular complexity index is 1030. The second-order valence-corrected chi connectivity index (χ2v) is 7.97. The zero-order valence-corrected chi connectivity index (χ0v) is 18.3. The van der Waals surface area contributed by atoms with Crippen LogP contribution < -0.4 is 24.2 Å². The smallest absolute Gasteiger partial charge is 0.231 e. The van der Waals surface area contributed by atoms with Gasteiger partial charge in [0.05, 0.1) is 39.5 Å². The van der Waals surface area contributed by atoms with Crippen LogP contribution in [0.15, 0.2) is 36.1 Å². The van der Waals surface area contributed by atoms with E-state index in [0.717, 1.165) is 31.7 Å². The van der Waals surface area contributed by atoms with Crippen molar-refractivity contribution in [2.45, 2.75) is 6.54 Å². The molecule has 0 bridgehead atoms. The Morgan fingerprint density at radius 1 is 1.16 bits per heavy atom. The van der Waals surface area contributed by atoms with Gasteiger partial charge in [0, 0.05) is 25.2 Å². The van der Waals surface area contributed by atoms with E-state index in [9.17, 15) is 9.90 Å². The summed E-state index contributed by atoms with van der Waals surface area (Å²) in [7, 11) is 3.11. The van der Waals surface area contributed by atoms with Crippen LogP contribution >= 0.6 is 0 Å². The molecule has 8 nitrogen and oxygen atoms in total. The van der Waals surface area contributed by atoms with Crippen LogP contribution in [-0.2, 0) is 6.54 Å². The molecule has 4 rings (SSSR count). The molecule has 1 fully saturated rings. The molecule has 1 saturated heterocycles. The number of quaternary nitrogens is 1. The van der Waals surface area contributed by atoms with E-state index in [1.165, 1.54) is 11.0 Å². The number of hydrogen-bond donors (Lipinski definition) is 2. The third-order valence-electron chi connectivity index (χ3n) is 6.01. The number of nitrogens with zero attached hydrogens (tertiary/aromatic N) is 1. The highest BCUT2D eigenvalue weighted by atomic mass is 16.5. The first-order chi connectivity index (χ1) is 15.5. The summed E-state index contributed by atoms with van der Waals surface area (Å²) in [6.07, 6.45) is 1.65. The molecule has 2 aliphatic heterocycles. The molecule has 0 spiro atoms. The Morgan fingerprint density at radius 2 is 1.91 bits per heavy atom. The summed E-state index contributed by atoms with van der Waals surface area (Å²) in [5.74, 6) is 1.35. The van der Waals surface area contributed by atoms with Crippen molar-refractivity contribution in [1.29, 1.82) is 0 Å². The molecule has 8 heteroatoms. The van der Waals surface area contributed by atoms with Crippen molar-refractivity contribution in [2.75, 3.05) is 53.6 Å². The van der Waals surface area contributed by atoms with E-state index in [0.29, 0.717) is 41.5 Å². The maximum absolute atomic E-state index is 13.0. The first-order valence-corrected chi connectivity index (χ1v) is 10.7. The molecular formula is C24H28N2O6. The number of hydrogen-bond acceptors (Lipinski definition) is 7. The summed E-state index contributed by atoms with van der Waals surface area (Å²) in [5.41, 5.74) is 1.69. The number of allylic oxidation sites excluding steroid dienone is 1. The third kappa shape index (κ3) is 4.43. The van der Waals surface area contributed by atoms with Crippen LogP contribution in [0.3, 0.4) is 0 Å². The molecule has 170 valence electrons. The van der Waals surface area contributed by atoms with E-state index in [4.69, 9.17) is 19.3 Å². The van der Waals surface area contributed by atoms with Crippen molar-refractivity contribution >= 4 is 11.9 Å². The van der Waals surface area contributed by atoms with E-state index in [1.807, 2.05) is 6.07 Å². The normalized spacial score (nSPS) is 18.0. The van der Waals surface area contributed by atoms with Crippen molar-refractivity contribution in [3.05, 3.63) is 52.8 Å². The van der Waals surface area contributed by atoms with Gasteiger partial charge < -0.3 is 29.3 Å². The van der Waals surface area contributed by atoms with Crippen molar-refractivity contribution < 1.29 is 34.1 Å². The number of piperazine rings is 1. The highest BCUT2D eigenvalue weighted by Gasteiger charge is 2.31. The molecule has 2 N–H and O–H groups in total. The average molecular weight is 440 g/mol. The molecule has 2 aliphatic rings. The maximum Gasteiger partial charge on any atom is 0.231 e. The van der Waals surface area contributed by atoms with Crippen molar-refractivity contribution in [3.63, 3.8) is 0 Å². The number of β-amino-alcohol motifs (C(OH)–C–C–N with tert-alkyl or cyclic N) is 1. The molecule has 0 aromatic heterocycles.